The van der Waals surface area contributed by atoms with Crippen LogP contribution in [0.25, 0.3) is 10.2 Å². The lowest BCUT2D eigenvalue weighted by Crippen LogP contribution is -1.81. The molecule has 1 aromatic heterocycles. The van der Waals surface area contributed by atoms with Crippen LogP contribution in [0, 0.1) is 20.8 Å². The zero-order valence-electron chi connectivity index (χ0n) is 7.81. The molecule has 13 heavy (non-hydrogen) atoms. The van der Waals surface area contributed by atoms with Crippen molar-refractivity contribution in [2.75, 3.05) is 0 Å². The van der Waals surface area contributed by atoms with E-state index in [2.05, 4.69) is 47.8 Å². The number of nitrogens with zero attached hydrogens (tertiary/aromatic N) is 1. The predicted molar refractivity (Wildman–Crippen MR) is 61.5 cm³/mol. The molecule has 1 nitrogen and oxygen atoms in total. The molecule has 0 radical (unpaired) electrons. The summed E-state index contributed by atoms with van der Waals surface area (Å²) in [5.74, 6) is 0. The van der Waals surface area contributed by atoms with Gasteiger partial charge in [-0.25, -0.2) is 4.98 Å². The highest BCUT2D eigenvalue weighted by Gasteiger charge is 2.08. The average molecular weight is 256 g/mol. The molecule has 68 valence electrons. The van der Waals surface area contributed by atoms with Gasteiger partial charge in [0, 0.05) is 4.47 Å². The fourth-order valence-electron chi connectivity index (χ4n) is 1.42. The fourth-order valence-corrected chi connectivity index (χ4v) is 3.10. The van der Waals surface area contributed by atoms with Crippen LogP contribution >= 0.6 is 27.3 Å². The van der Waals surface area contributed by atoms with Gasteiger partial charge in [0.2, 0.25) is 0 Å². The quantitative estimate of drug-likeness (QED) is 0.694. The molecule has 0 bridgehead atoms. The Hall–Kier alpha value is -0.410. The molecule has 0 aliphatic carbocycles. The number of aromatic nitrogens is 1. The lowest BCUT2D eigenvalue weighted by Gasteiger charge is -2.01. The van der Waals surface area contributed by atoms with Crippen LogP contribution in [0.15, 0.2) is 10.5 Å². The number of thiazole rings is 1. The smallest absolute Gasteiger partial charge is 0.0908 e. The Balaban J connectivity index is 2.95. The van der Waals surface area contributed by atoms with Crippen LogP contribution in [-0.2, 0) is 0 Å². The molecule has 0 aliphatic rings. The summed E-state index contributed by atoms with van der Waals surface area (Å²) < 4.78 is 2.49. The van der Waals surface area contributed by atoms with E-state index in [0.717, 1.165) is 10.5 Å². The predicted octanol–water partition coefficient (Wildman–Crippen LogP) is 3.98. The summed E-state index contributed by atoms with van der Waals surface area (Å²) in [6.45, 7) is 6.28. The minimum absolute atomic E-state index is 1.14. The first-order valence-corrected chi connectivity index (χ1v) is 5.73. The summed E-state index contributed by atoms with van der Waals surface area (Å²) in [5.41, 5.74) is 3.70. The molecule has 0 aliphatic heterocycles. The van der Waals surface area contributed by atoms with Gasteiger partial charge in [0.1, 0.15) is 0 Å². The molecule has 0 fully saturated rings. The number of fused-ring (bicyclic) bond motifs is 1. The highest BCUT2D eigenvalue weighted by atomic mass is 79.9. The van der Waals surface area contributed by atoms with Gasteiger partial charge < -0.3 is 0 Å². The van der Waals surface area contributed by atoms with Crippen LogP contribution in [0.5, 0.6) is 0 Å². The van der Waals surface area contributed by atoms with Gasteiger partial charge in [-0.05, 0) is 38.0 Å². The number of halogens is 1. The first-order chi connectivity index (χ1) is 6.09. The highest BCUT2D eigenvalue weighted by molar-refractivity contribution is 9.10. The zero-order valence-corrected chi connectivity index (χ0v) is 10.2. The molecule has 0 saturated heterocycles. The molecule has 0 saturated carbocycles. The molecular weight excluding hydrogens is 246 g/mol. The third kappa shape index (κ3) is 1.40. The van der Waals surface area contributed by atoms with Gasteiger partial charge in [0.15, 0.2) is 0 Å². The van der Waals surface area contributed by atoms with E-state index in [1.807, 2.05) is 0 Å². The van der Waals surface area contributed by atoms with Crippen molar-refractivity contribution in [2.24, 2.45) is 0 Å². The minimum atomic E-state index is 1.14. The highest BCUT2D eigenvalue weighted by Crippen LogP contribution is 2.32. The maximum atomic E-state index is 4.51. The van der Waals surface area contributed by atoms with Crippen LogP contribution in [0.4, 0.5) is 0 Å². The molecule has 0 atom stereocenters. The summed E-state index contributed by atoms with van der Waals surface area (Å²) in [7, 11) is 0. The fraction of sp³-hybridized carbons (Fsp3) is 0.300. The second kappa shape index (κ2) is 3.07. The maximum absolute atomic E-state index is 4.51. The van der Waals surface area contributed by atoms with E-state index in [0.29, 0.717) is 0 Å². The van der Waals surface area contributed by atoms with Gasteiger partial charge in [-0.15, -0.1) is 11.3 Å². The standard InChI is InChI=1S/C10H10BrNS/c1-5-4-8(11)6(2)10-9(5)12-7(3)13-10/h4H,1-3H3. The van der Waals surface area contributed by atoms with Crippen LogP contribution in [-0.4, -0.2) is 4.98 Å². The van der Waals surface area contributed by atoms with E-state index in [4.69, 9.17) is 0 Å². The van der Waals surface area contributed by atoms with Crippen molar-refractivity contribution in [3.05, 3.63) is 26.7 Å². The molecule has 0 amide bonds. The van der Waals surface area contributed by atoms with Crippen LogP contribution in [0.2, 0.25) is 0 Å². The van der Waals surface area contributed by atoms with Crippen molar-refractivity contribution < 1.29 is 0 Å². The van der Waals surface area contributed by atoms with Crippen LogP contribution in [0.1, 0.15) is 16.1 Å². The SMILES string of the molecule is Cc1nc2c(C)cc(Br)c(C)c2s1. The van der Waals surface area contributed by atoms with Crippen molar-refractivity contribution in [1.29, 1.82) is 0 Å². The zero-order chi connectivity index (χ0) is 9.59. The Labute approximate surface area is 89.9 Å². The van der Waals surface area contributed by atoms with Crippen molar-refractivity contribution in [1.82, 2.24) is 4.98 Å². The van der Waals surface area contributed by atoms with Gasteiger partial charge >= 0.3 is 0 Å². The Morgan fingerprint density at radius 1 is 1.31 bits per heavy atom. The summed E-state index contributed by atoms with van der Waals surface area (Å²) in [6, 6.07) is 2.14. The molecule has 3 heteroatoms. The van der Waals surface area contributed by atoms with Gasteiger partial charge in [-0.1, -0.05) is 15.9 Å². The molecule has 0 spiro atoms. The third-order valence-corrected chi connectivity index (χ3v) is 4.06. The molecule has 1 heterocycles. The Kier molecular flexibility index (Phi) is 2.16. The molecular formula is C10H10BrNS. The number of benzene rings is 1. The van der Waals surface area contributed by atoms with Crippen LogP contribution < -0.4 is 0 Å². The van der Waals surface area contributed by atoms with E-state index in [-0.39, 0.29) is 0 Å². The van der Waals surface area contributed by atoms with Gasteiger partial charge in [0.05, 0.1) is 15.2 Å². The Bertz CT molecular complexity index is 473. The normalized spacial score (nSPS) is 11.1. The van der Waals surface area contributed by atoms with Crippen LogP contribution in [0.3, 0.4) is 0 Å². The monoisotopic (exact) mass is 255 g/mol. The first-order valence-electron chi connectivity index (χ1n) is 4.12. The Morgan fingerprint density at radius 2 is 2.00 bits per heavy atom. The van der Waals surface area contributed by atoms with E-state index in [1.165, 1.54) is 20.3 Å². The maximum Gasteiger partial charge on any atom is 0.0908 e. The van der Waals surface area contributed by atoms with E-state index in [9.17, 15) is 0 Å². The topological polar surface area (TPSA) is 12.9 Å². The van der Waals surface area contributed by atoms with E-state index >= 15 is 0 Å². The molecule has 2 rings (SSSR count). The summed E-state index contributed by atoms with van der Waals surface area (Å²) >= 11 is 5.32. The summed E-state index contributed by atoms with van der Waals surface area (Å²) in [4.78, 5) is 4.51. The van der Waals surface area contributed by atoms with Crippen molar-refractivity contribution in [3.63, 3.8) is 0 Å². The van der Waals surface area contributed by atoms with Crippen molar-refractivity contribution in [2.45, 2.75) is 20.8 Å². The first kappa shape index (κ1) is 9.16. The lowest BCUT2D eigenvalue weighted by molar-refractivity contribution is 1.31. The van der Waals surface area contributed by atoms with Crippen molar-refractivity contribution >= 4 is 37.5 Å². The number of hydrogen-bond donors (Lipinski definition) is 0. The average Bonchev–Trinajstić information content (AvgIpc) is 2.44. The van der Waals surface area contributed by atoms with Gasteiger partial charge in [0.25, 0.3) is 0 Å². The molecule has 0 N–H and O–H groups in total. The number of hydrogen-bond acceptors (Lipinski definition) is 2. The molecule has 2 aromatic rings. The Morgan fingerprint density at radius 3 is 2.69 bits per heavy atom. The summed E-state index contributed by atoms with van der Waals surface area (Å²) in [5, 5.41) is 1.14. The molecule has 0 unspecified atom stereocenters. The molecule has 1 aromatic carbocycles. The van der Waals surface area contributed by atoms with Crippen molar-refractivity contribution in [3.8, 4) is 0 Å². The third-order valence-electron chi connectivity index (χ3n) is 2.15. The van der Waals surface area contributed by atoms with Gasteiger partial charge in [-0.3, -0.25) is 0 Å². The van der Waals surface area contributed by atoms with E-state index < -0.39 is 0 Å². The van der Waals surface area contributed by atoms with Gasteiger partial charge in [-0.2, -0.15) is 0 Å². The largest absolute Gasteiger partial charge is 0.241 e. The second-order valence-electron chi connectivity index (χ2n) is 3.21. The number of rotatable bonds is 0. The minimum Gasteiger partial charge on any atom is -0.241 e. The van der Waals surface area contributed by atoms with E-state index in [1.54, 1.807) is 11.3 Å². The number of aryl methyl sites for hydroxylation is 3. The summed E-state index contributed by atoms with van der Waals surface area (Å²) in [6.07, 6.45) is 0. The lowest BCUT2D eigenvalue weighted by atomic mass is 10.1. The second-order valence-corrected chi connectivity index (χ2v) is 5.27.